The predicted octanol–water partition coefficient (Wildman–Crippen LogP) is 12.9. The lowest BCUT2D eigenvalue weighted by Gasteiger charge is -2.18. The van der Waals surface area contributed by atoms with E-state index in [4.69, 9.17) is 8.83 Å². The molecule has 60 heavy (non-hydrogen) atoms. The van der Waals surface area contributed by atoms with E-state index in [1.807, 2.05) is 54.6 Å². The molecule has 7 aromatic carbocycles. The third-order valence-electron chi connectivity index (χ3n) is 12.0. The molecule has 0 saturated heterocycles. The second kappa shape index (κ2) is 12.3. The average molecular weight is 767 g/mol. The number of rotatable bonds is 3. The highest BCUT2D eigenvalue weighted by Gasteiger charge is 2.23. The summed E-state index contributed by atoms with van der Waals surface area (Å²) >= 11 is 0. The van der Waals surface area contributed by atoms with Crippen LogP contribution in [0, 0.1) is 51.2 Å². The zero-order chi connectivity index (χ0) is 40.2. The number of hydrogen-bond acceptors (Lipinski definition) is 6. The molecule has 11 aromatic rings. The minimum Gasteiger partial charge on any atom is -0.456 e. The van der Waals surface area contributed by atoms with E-state index < -0.39 is 5.92 Å². The van der Waals surface area contributed by atoms with Crippen molar-refractivity contribution >= 4 is 93.2 Å². The molecule has 1 aliphatic carbocycles. The van der Waals surface area contributed by atoms with Crippen molar-refractivity contribution in [1.82, 2.24) is 9.13 Å². The summed E-state index contributed by atoms with van der Waals surface area (Å²) in [4.78, 5) is 0. The Balaban J connectivity index is 1.12. The van der Waals surface area contributed by atoms with Gasteiger partial charge in [0.05, 0.1) is 69.0 Å². The molecule has 8 heteroatoms. The highest BCUT2D eigenvalue weighted by atomic mass is 16.3. The van der Waals surface area contributed by atoms with Crippen LogP contribution in [-0.2, 0) is 0 Å². The Morgan fingerprint density at radius 3 is 1.55 bits per heavy atom. The van der Waals surface area contributed by atoms with Crippen LogP contribution in [-0.4, -0.2) is 9.13 Å². The van der Waals surface area contributed by atoms with Gasteiger partial charge in [-0.2, -0.15) is 21.0 Å². The number of nitriles is 4. The van der Waals surface area contributed by atoms with Crippen molar-refractivity contribution in [1.29, 1.82) is 21.0 Å². The van der Waals surface area contributed by atoms with Crippen LogP contribution < -0.4 is 0 Å². The molecule has 0 spiro atoms. The fourth-order valence-electron chi connectivity index (χ4n) is 9.39. The fourth-order valence-corrected chi connectivity index (χ4v) is 9.39. The molecular weight excluding hydrogens is 741 g/mol. The molecule has 12 rings (SSSR count). The largest absolute Gasteiger partial charge is 0.456 e. The molecule has 0 radical (unpaired) electrons. The van der Waals surface area contributed by atoms with Gasteiger partial charge in [0.2, 0.25) is 0 Å². The van der Waals surface area contributed by atoms with Crippen molar-refractivity contribution in [2.45, 2.75) is 6.42 Å². The first-order valence-electron chi connectivity index (χ1n) is 19.5. The van der Waals surface area contributed by atoms with E-state index >= 15 is 0 Å². The van der Waals surface area contributed by atoms with Gasteiger partial charge >= 0.3 is 0 Å². The number of nitrogens with zero attached hydrogens (tertiary/aromatic N) is 6. The van der Waals surface area contributed by atoms with Gasteiger partial charge in [-0.15, -0.1) is 0 Å². The maximum absolute atomic E-state index is 9.99. The van der Waals surface area contributed by atoms with Gasteiger partial charge in [0.1, 0.15) is 22.3 Å². The molecule has 0 N–H and O–H groups in total. The van der Waals surface area contributed by atoms with Gasteiger partial charge in [0, 0.05) is 73.0 Å². The Morgan fingerprint density at radius 2 is 1.00 bits per heavy atom. The second-order valence-electron chi connectivity index (χ2n) is 15.4. The van der Waals surface area contributed by atoms with Gasteiger partial charge in [0.15, 0.2) is 0 Å². The lowest BCUT2D eigenvalue weighted by molar-refractivity contribution is 0.669. The maximum atomic E-state index is 9.99. The number of fused-ring (bicyclic) bond motifs is 12. The first-order chi connectivity index (χ1) is 29.5. The predicted molar refractivity (Wildman–Crippen MR) is 235 cm³/mol. The summed E-state index contributed by atoms with van der Waals surface area (Å²) in [5.41, 5.74) is 11.7. The maximum Gasteiger partial charge on any atom is 0.137 e. The van der Waals surface area contributed by atoms with Gasteiger partial charge < -0.3 is 18.0 Å². The van der Waals surface area contributed by atoms with E-state index in [1.165, 1.54) is 0 Å². The van der Waals surface area contributed by atoms with Crippen LogP contribution >= 0.6 is 0 Å². The SMILES string of the molecule is N#CC1=CC(C#N)CC(n2c3ccc(-c4ccc5c(c4)c4cc6c(cc4n5-c4cc(C#N)cc(C#N)c4)oc4ccccc46)cc3c3cc4c(cc32)oc2ccccc24)=C1. The zero-order valence-electron chi connectivity index (χ0n) is 31.6. The van der Waals surface area contributed by atoms with Crippen LogP contribution in [0.5, 0.6) is 0 Å². The van der Waals surface area contributed by atoms with E-state index in [1.54, 1.807) is 12.1 Å². The van der Waals surface area contributed by atoms with Crippen LogP contribution in [0.1, 0.15) is 17.5 Å². The number of allylic oxidation sites excluding steroid dienone is 4. The van der Waals surface area contributed by atoms with Crippen LogP contribution in [0.4, 0.5) is 0 Å². The van der Waals surface area contributed by atoms with Crippen LogP contribution in [0.15, 0.2) is 154 Å². The van der Waals surface area contributed by atoms with E-state index in [0.717, 1.165) is 104 Å². The topological polar surface area (TPSA) is 131 Å². The van der Waals surface area contributed by atoms with Gasteiger partial charge in [-0.05, 0) is 90.0 Å². The van der Waals surface area contributed by atoms with Crippen molar-refractivity contribution in [3.8, 4) is 41.1 Å². The van der Waals surface area contributed by atoms with Gasteiger partial charge in [0.25, 0.3) is 0 Å². The molecule has 4 aromatic heterocycles. The monoisotopic (exact) mass is 766 g/mol. The first-order valence-corrected chi connectivity index (χ1v) is 19.5. The summed E-state index contributed by atoms with van der Waals surface area (Å²) in [6.07, 6.45) is 4.09. The Bertz CT molecular complexity index is 3960. The standard InChI is InChI=1S/C52H26N6O2/c53-25-29-13-30(26-54)16-35(15-29)57-45-11-9-33(19-39(45)41-21-43-37-5-1-3-7-49(37)59-51(43)23-47(41)57)34-10-12-46-40(20-34)42-22-44-38-6-2-4-8-50(38)60-52(44)24-48(42)58(46)36-17-31(27-55)14-32(18-36)28-56/h1-17,19-24,32H,18H2. The minimum absolute atomic E-state index is 0.403. The third-order valence-corrected chi connectivity index (χ3v) is 12.0. The molecule has 1 aliphatic rings. The molecular formula is C52H26N6O2. The smallest absolute Gasteiger partial charge is 0.137 e. The lowest BCUT2D eigenvalue weighted by Crippen LogP contribution is -2.07. The Kier molecular flexibility index (Phi) is 6.85. The molecule has 0 aliphatic heterocycles. The highest BCUT2D eigenvalue weighted by molar-refractivity contribution is 6.20. The summed E-state index contributed by atoms with van der Waals surface area (Å²) in [5, 5.41) is 47.9. The number of aromatic nitrogens is 2. The lowest BCUT2D eigenvalue weighted by atomic mass is 9.95. The van der Waals surface area contributed by atoms with Gasteiger partial charge in [-0.1, -0.05) is 48.5 Å². The molecule has 8 nitrogen and oxygen atoms in total. The van der Waals surface area contributed by atoms with Crippen molar-refractivity contribution in [2.75, 3.05) is 0 Å². The quantitative estimate of drug-likeness (QED) is 0.176. The van der Waals surface area contributed by atoms with Crippen molar-refractivity contribution in [3.05, 3.63) is 156 Å². The van der Waals surface area contributed by atoms with Gasteiger partial charge in [-0.25, -0.2) is 0 Å². The van der Waals surface area contributed by atoms with Crippen LogP contribution in [0.2, 0.25) is 0 Å². The zero-order valence-corrected chi connectivity index (χ0v) is 31.6. The van der Waals surface area contributed by atoms with E-state index in [9.17, 15) is 21.0 Å². The molecule has 1 atom stereocenters. The molecule has 4 heterocycles. The van der Waals surface area contributed by atoms with Crippen LogP contribution in [0.25, 0.3) is 110 Å². The molecule has 1 unspecified atom stereocenters. The molecule has 0 fully saturated rings. The van der Waals surface area contributed by atoms with Crippen molar-refractivity contribution in [3.63, 3.8) is 0 Å². The van der Waals surface area contributed by atoms with Crippen molar-refractivity contribution in [2.24, 2.45) is 5.92 Å². The summed E-state index contributed by atoms with van der Waals surface area (Å²) in [6.45, 7) is 0. The van der Waals surface area contributed by atoms with E-state index in [-0.39, 0.29) is 0 Å². The number of benzene rings is 7. The number of para-hydroxylation sites is 2. The molecule has 276 valence electrons. The van der Waals surface area contributed by atoms with Crippen molar-refractivity contribution < 1.29 is 8.83 Å². The van der Waals surface area contributed by atoms with E-state index in [2.05, 4.69) is 106 Å². The summed E-state index contributed by atoms with van der Waals surface area (Å²) in [6, 6.07) is 51.8. The Morgan fingerprint density at radius 1 is 0.467 bits per heavy atom. The van der Waals surface area contributed by atoms with Gasteiger partial charge in [-0.3, -0.25) is 0 Å². The number of hydrogen-bond donors (Lipinski definition) is 0. The average Bonchev–Trinajstić information content (AvgIpc) is 4.03. The number of furan rings is 2. The molecule has 0 saturated carbocycles. The normalized spacial score (nSPS) is 14.2. The summed E-state index contributed by atoms with van der Waals surface area (Å²) in [5.74, 6) is -0.426. The first kappa shape index (κ1) is 33.3. The highest BCUT2D eigenvalue weighted by Crippen LogP contribution is 2.43. The second-order valence-corrected chi connectivity index (χ2v) is 15.4. The van der Waals surface area contributed by atoms with Crippen LogP contribution in [0.3, 0.4) is 0 Å². The minimum atomic E-state index is -0.426. The third kappa shape index (κ3) is 4.74. The summed E-state index contributed by atoms with van der Waals surface area (Å²) in [7, 11) is 0. The Hall–Kier alpha value is -8.82. The molecule has 0 amide bonds. The fraction of sp³-hybridized carbons (Fsp3) is 0.0385. The summed E-state index contributed by atoms with van der Waals surface area (Å²) < 4.78 is 17.0. The molecule has 0 bridgehead atoms. The Labute approximate surface area is 340 Å². The van der Waals surface area contributed by atoms with E-state index in [0.29, 0.717) is 28.8 Å².